The van der Waals surface area contributed by atoms with Crippen LogP contribution in [0.3, 0.4) is 0 Å². The zero-order valence-electron chi connectivity index (χ0n) is 18.0. The highest BCUT2D eigenvalue weighted by molar-refractivity contribution is 6.08. The molecular weight excluding hydrogens is 508 g/mol. The first kappa shape index (κ1) is 25.4. The summed E-state index contributed by atoms with van der Waals surface area (Å²) in [6, 6.07) is 3.86. The number of rotatable bonds is 8. The lowest BCUT2D eigenvalue weighted by Crippen LogP contribution is -2.20. The molecule has 0 radical (unpaired) electrons. The minimum absolute atomic E-state index is 0.0332. The summed E-state index contributed by atoms with van der Waals surface area (Å²) >= 11 is 0. The summed E-state index contributed by atoms with van der Waals surface area (Å²) in [5.41, 5.74) is -0.809. The predicted molar refractivity (Wildman–Crippen MR) is 107 cm³/mol. The van der Waals surface area contributed by atoms with Crippen molar-refractivity contribution < 1.29 is 49.4 Å². The lowest BCUT2D eigenvalue weighted by atomic mass is 10.2. The number of halogens is 8. The first-order chi connectivity index (χ1) is 16.8. The second kappa shape index (κ2) is 9.43. The van der Waals surface area contributed by atoms with Crippen molar-refractivity contribution in [3.63, 3.8) is 0 Å². The van der Waals surface area contributed by atoms with Crippen molar-refractivity contribution in [2.24, 2.45) is 0 Å². The molecule has 0 atom stereocenters. The Balaban J connectivity index is 1.64. The number of nitrogens with zero attached hydrogens (tertiary/aromatic N) is 3. The van der Waals surface area contributed by atoms with Crippen molar-refractivity contribution in [3.05, 3.63) is 47.4 Å². The molecule has 0 bridgehead atoms. The third kappa shape index (κ3) is 6.31. The van der Waals surface area contributed by atoms with Crippen molar-refractivity contribution in [3.8, 4) is 11.5 Å². The van der Waals surface area contributed by atoms with Gasteiger partial charge in [0, 0.05) is 35.5 Å². The molecular formula is C21H16F8N4O3. The largest absolute Gasteiger partial charge is 0.484 e. The summed E-state index contributed by atoms with van der Waals surface area (Å²) in [4.78, 5) is 17.1. The van der Waals surface area contributed by atoms with E-state index in [1.807, 2.05) is 0 Å². The molecule has 7 nitrogen and oxygen atoms in total. The average Bonchev–Trinajstić information content (AvgIpc) is 3.53. The Morgan fingerprint density at radius 1 is 1.00 bits per heavy atom. The molecule has 3 aromatic rings. The second-order valence-electron chi connectivity index (χ2n) is 7.93. The van der Waals surface area contributed by atoms with Crippen molar-refractivity contribution in [2.45, 2.75) is 37.5 Å². The van der Waals surface area contributed by atoms with Gasteiger partial charge in [-0.15, -0.1) is 0 Å². The van der Waals surface area contributed by atoms with Crippen molar-refractivity contribution >= 4 is 17.2 Å². The van der Waals surface area contributed by atoms with Gasteiger partial charge in [-0.25, -0.2) is 18.3 Å². The molecule has 15 heteroatoms. The topological polar surface area (TPSA) is 77.8 Å². The molecule has 2 heterocycles. The number of anilines is 1. The van der Waals surface area contributed by atoms with E-state index in [0.29, 0.717) is 5.69 Å². The first-order valence-electron chi connectivity index (χ1n) is 10.3. The van der Waals surface area contributed by atoms with Crippen LogP contribution in [0.2, 0.25) is 0 Å². The molecule has 4 rings (SSSR count). The normalized spacial score (nSPS) is 14.4. The Morgan fingerprint density at radius 2 is 1.58 bits per heavy atom. The molecule has 0 aliphatic heterocycles. The number of carbonyl (C=O) groups is 1. The van der Waals surface area contributed by atoms with Crippen LogP contribution in [0.25, 0.3) is 5.65 Å². The fraction of sp³-hybridized carbons (Fsp3) is 0.381. The third-order valence-corrected chi connectivity index (χ3v) is 4.93. The second-order valence-corrected chi connectivity index (χ2v) is 7.93. The zero-order chi connectivity index (χ0) is 26.3. The summed E-state index contributed by atoms with van der Waals surface area (Å²) in [6.07, 6.45) is -9.93. The highest BCUT2D eigenvalue weighted by atomic mass is 19.4. The van der Waals surface area contributed by atoms with E-state index >= 15 is 0 Å². The van der Waals surface area contributed by atoms with Gasteiger partial charge in [-0.1, -0.05) is 0 Å². The number of aromatic nitrogens is 3. The fourth-order valence-corrected chi connectivity index (χ4v) is 3.25. The lowest BCUT2D eigenvalue weighted by Gasteiger charge is -2.15. The zero-order valence-corrected chi connectivity index (χ0v) is 18.0. The number of hydrogen-bond donors (Lipinski definition) is 1. The summed E-state index contributed by atoms with van der Waals surface area (Å²) in [5.74, 6) is -2.04. The van der Waals surface area contributed by atoms with Gasteiger partial charge in [-0.2, -0.15) is 31.4 Å². The van der Waals surface area contributed by atoms with E-state index in [4.69, 9.17) is 0 Å². The molecule has 0 saturated heterocycles. The van der Waals surface area contributed by atoms with Crippen LogP contribution in [0.5, 0.6) is 11.5 Å². The van der Waals surface area contributed by atoms with E-state index in [0.717, 1.165) is 41.8 Å². The minimum atomic E-state index is -4.74. The first-order valence-corrected chi connectivity index (χ1v) is 10.3. The average molecular weight is 524 g/mol. The molecule has 0 spiro atoms. The number of carbonyl (C=O) groups excluding carboxylic acids is 1. The number of ether oxygens (including phenoxy) is 2. The molecule has 2 aromatic heterocycles. The number of fused-ring (bicyclic) bond motifs is 1. The predicted octanol–water partition coefficient (Wildman–Crippen LogP) is 5.68. The van der Waals surface area contributed by atoms with Crippen LogP contribution in [0.4, 0.5) is 40.8 Å². The monoisotopic (exact) mass is 524 g/mol. The van der Waals surface area contributed by atoms with Crippen LogP contribution in [0.1, 0.15) is 46.9 Å². The maximum atomic E-state index is 13.5. The summed E-state index contributed by atoms with van der Waals surface area (Å²) in [7, 11) is 0. The highest BCUT2D eigenvalue weighted by Gasteiger charge is 2.31. The molecule has 36 heavy (non-hydrogen) atoms. The minimum Gasteiger partial charge on any atom is -0.484 e. The van der Waals surface area contributed by atoms with Gasteiger partial charge in [0.15, 0.2) is 18.9 Å². The molecule has 0 unspecified atom stereocenters. The Labute approximate surface area is 197 Å². The van der Waals surface area contributed by atoms with Crippen molar-refractivity contribution in [1.29, 1.82) is 0 Å². The Kier molecular flexibility index (Phi) is 6.66. The van der Waals surface area contributed by atoms with Crippen LogP contribution in [0, 0.1) is 0 Å². The lowest BCUT2D eigenvalue weighted by molar-refractivity contribution is -0.153. The quantitative estimate of drug-likeness (QED) is 0.384. The smallest absolute Gasteiger partial charge is 0.422 e. The van der Waals surface area contributed by atoms with E-state index in [1.54, 1.807) is 0 Å². The van der Waals surface area contributed by atoms with Gasteiger partial charge >= 0.3 is 12.4 Å². The molecule has 1 amide bonds. The van der Waals surface area contributed by atoms with E-state index < -0.39 is 55.1 Å². The number of benzene rings is 1. The van der Waals surface area contributed by atoms with Crippen LogP contribution in [-0.2, 0) is 0 Å². The standard InChI is InChI=1S/C21H16F8N4O3/c22-17(23)16-6-15(10-1-2-10)32-18-14(7-30-33(16)18)19(34)31-11-3-12(35-8-20(24,25)26)5-13(4-11)36-9-21(27,28)29/h3-7,10,17H,1-2,8-9H2,(H,31,34). The molecule has 194 valence electrons. The van der Waals surface area contributed by atoms with Gasteiger partial charge in [0.25, 0.3) is 12.3 Å². The van der Waals surface area contributed by atoms with Crippen molar-refractivity contribution in [2.75, 3.05) is 18.5 Å². The molecule has 1 aromatic carbocycles. The van der Waals surface area contributed by atoms with Gasteiger partial charge in [-0.3, -0.25) is 4.79 Å². The van der Waals surface area contributed by atoms with E-state index in [2.05, 4.69) is 24.9 Å². The van der Waals surface area contributed by atoms with Gasteiger partial charge in [-0.05, 0) is 18.9 Å². The van der Waals surface area contributed by atoms with Crippen LogP contribution >= 0.6 is 0 Å². The SMILES string of the molecule is O=C(Nc1cc(OCC(F)(F)F)cc(OCC(F)(F)F)c1)c1cnn2c(C(F)F)cc(C3CC3)nc12. The third-order valence-electron chi connectivity index (χ3n) is 4.93. The fourth-order valence-electron chi connectivity index (χ4n) is 3.25. The number of nitrogens with one attached hydrogen (secondary N) is 1. The number of hydrogen-bond acceptors (Lipinski definition) is 5. The summed E-state index contributed by atoms with van der Waals surface area (Å²) < 4.78 is 112. The van der Waals surface area contributed by atoms with Crippen LogP contribution in [-0.4, -0.2) is 46.1 Å². The van der Waals surface area contributed by atoms with Gasteiger partial charge in [0.05, 0.1) is 6.20 Å². The molecule has 1 aliphatic rings. The van der Waals surface area contributed by atoms with Gasteiger partial charge < -0.3 is 14.8 Å². The number of amides is 1. The Bertz CT molecular complexity index is 1230. The maximum absolute atomic E-state index is 13.5. The summed E-state index contributed by atoms with van der Waals surface area (Å²) in [6.45, 7) is -3.50. The molecule has 1 N–H and O–H groups in total. The van der Waals surface area contributed by atoms with Gasteiger partial charge in [0.1, 0.15) is 22.8 Å². The van der Waals surface area contributed by atoms with Gasteiger partial charge in [0.2, 0.25) is 0 Å². The number of alkyl halides is 8. The molecule has 1 saturated carbocycles. The maximum Gasteiger partial charge on any atom is 0.422 e. The van der Waals surface area contributed by atoms with E-state index in [-0.39, 0.29) is 22.8 Å². The summed E-state index contributed by atoms with van der Waals surface area (Å²) in [5, 5.41) is 6.07. The highest BCUT2D eigenvalue weighted by Crippen LogP contribution is 2.40. The van der Waals surface area contributed by atoms with Crippen molar-refractivity contribution in [1.82, 2.24) is 14.6 Å². The van der Waals surface area contributed by atoms with Crippen LogP contribution in [0.15, 0.2) is 30.5 Å². The van der Waals surface area contributed by atoms with E-state index in [9.17, 15) is 39.9 Å². The molecule has 1 aliphatic carbocycles. The van der Waals surface area contributed by atoms with E-state index in [1.165, 1.54) is 6.07 Å². The Hall–Kier alpha value is -3.65. The Morgan fingerprint density at radius 3 is 2.08 bits per heavy atom. The molecule has 1 fully saturated rings. The van der Waals surface area contributed by atoms with Crippen LogP contribution < -0.4 is 14.8 Å².